The maximum Gasteiger partial charge on any atom is 0.244 e. The number of benzene rings is 2. The van der Waals surface area contributed by atoms with E-state index in [1.165, 1.54) is 16.4 Å². The first-order valence-corrected chi connectivity index (χ1v) is 11.2. The van der Waals surface area contributed by atoms with Crippen molar-refractivity contribution in [3.63, 3.8) is 0 Å². The summed E-state index contributed by atoms with van der Waals surface area (Å²) < 4.78 is 27.2. The predicted octanol–water partition coefficient (Wildman–Crippen LogP) is 4.65. The molecule has 1 heterocycles. The summed E-state index contributed by atoms with van der Waals surface area (Å²) in [6.07, 6.45) is 0.905. The van der Waals surface area contributed by atoms with Gasteiger partial charge in [0.15, 0.2) is 0 Å². The Hall–Kier alpha value is -1.60. The summed E-state index contributed by atoms with van der Waals surface area (Å²) in [7, 11) is -3.75. The van der Waals surface area contributed by atoms with Crippen LogP contribution in [0.2, 0.25) is 10.0 Å². The minimum absolute atomic E-state index is 0.0000428. The number of nitrogens with zero attached hydrogens (tertiary/aromatic N) is 1. The standard InChI is InChI=1S/C20H22Cl2N2O3S/c1-13-4-3-5-18(14(13)2)23-20(25)15-8-10-24(11-9-15)28(26,27)19-12-16(21)6-7-17(19)22/h3-7,12,15H,8-11H2,1-2H3,(H,23,25). The molecule has 0 saturated carbocycles. The summed E-state index contributed by atoms with van der Waals surface area (Å²) in [4.78, 5) is 12.6. The Morgan fingerprint density at radius 2 is 1.79 bits per heavy atom. The monoisotopic (exact) mass is 440 g/mol. The van der Waals surface area contributed by atoms with Crippen molar-refractivity contribution in [3.05, 3.63) is 57.6 Å². The average molecular weight is 441 g/mol. The molecule has 5 nitrogen and oxygen atoms in total. The van der Waals surface area contributed by atoms with Gasteiger partial charge < -0.3 is 5.32 Å². The Morgan fingerprint density at radius 3 is 2.46 bits per heavy atom. The quantitative estimate of drug-likeness (QED) is 0.751. The van der Waals surface area contributed by atoms with Crippen molar-refractivity contribution in [2.75, 3.05) is 18.4 Å². The van der Waals surface area contributed by atoms with Crippen LogP contribution in [0, 0.1) is 19.8 Å². The molecule has 1 amide bonds. The smallest absolute Gasteiger partial charge is 0.244 e. The van der Waals surface area contributed by atoms with Gasteiger partial charge >= 0.3 is 0 Å². The lowest BCUT2D eigenvalue weighted by molar-refractivity contribution is -0.120. The Kier molecular flexibility index (Phi) is 6.34. The lowest BCUT2D eigenvalue weighted by Gasteiger charge is -2.31. The normalized spacial score (nSPS) is 16.1. The Balaban J connectivity index is 1.67. The second-order valence-corrected chi connectivity index (χ2v) is 9.74. The number of halogens is 2. The van der Waals surface area contributed by atoms with Crippen LogP contribution < -0.4 is 5.32 Å². The number of rotatable bonds is 4. The zero-order valence-corrected chi connectivity index (χ0v) is 18.0. The van der Waals surface area contributed by atoms with Gasteiger partial charge in [-0.15, -0.1) is 0 Å². The highest BCUT2D eigenvalue weighted by molar-refractivity contribution is 7.89. The van der Waals surface area contributed by atoms with Gasteiger partial charge in [0.1, 0.15) is 4.90 Å². The van der Waals surface area contributed by atoms with Crippen LogP contribution in [0.5, 0.6) is 0 Å². The first-order chi connectivity index (χ1) is 13.2. The van der Waals surface area contributed by atoms with Crippen molar-refractivity contribution in [2.45, 2.75) is 31.6 Å². The van der Waals surface area contributed by atoms with E-state index in [1.54, 1.807) is 6.07 Å². The molecule has 0 aliphatic carbocycles. The Labute approximate surface area is 175 Å². The minimum atomic E-state index is -3.75. The minimum Gasteiger partial charge on any atom is -0.326 e. The molecular weight excluding hydrogens is 419 g/mol. The fourth-order valence-electron chi connectivity index (χ4n) is 3.29. The maximum absolute atomic E-state index is 12.9. The van der Waals surface area contributed by atoms with E-state index in [0.29, 0.717) is 17.9 Å². The maximum atomic E-state index is 12.9. The zero-order chi connectivity index (χ0) is 20.5. The van der Waals surface area contributed by atoms with Crippen LogP contribution in [0.15, 0.2) is 41.3 Å². The topological polar surface area (TPSA) is 66.5 Å². The molecule has 0 aromatic heterocycles. The molecule has 0 spiro atoms. The van der Waals surface area contributed by atoms with Gasteiger partial charge in [0.25, 0.3) is 0 Å². The first kappa shape index (κ1) is 21.1. The number of nitrogens with one attached hydrogen (secondary N) is 1. The van der Waals surface area contributed by atoms with Crippen molar-refractivity contribution in [3.8, 4) is 0 Å². The molecule has 0 unspecified atom stereocenters. The van der Waals surface area contributed by atoms with Gasteiger partial charge in [-0.25, -0.2) is 8.42 Å². The predicted molar refractivity (Wildman–Crippen MR) is 112 cm³/mol. The van der Waals surface area contributed by atoms with Crippen molar-refractivity contribution in [1.82, 2.24) is 4.31 Å². The molecule has 0 bridgehead atoms. The molecule has 8 heteroatoms. The summed E-state index contributed by atoms with van der Waals surface area (Å²) in [6, 6.07) is 10.2. The Bertz CT molecular complexity index is 1000. The second kappa shape index (κ2) is 8.41. The highest BCUT2D eigenvalue weighted by Crippen LogP contribution is 2.31. The largest absolute Gasteiger partial charge is 0.326 e. The summed E-state index contributed by atoms with van der Waals surface area (Å²) in [6.45, 7) is 4.48. The second-order valence-electron chi connectivity index (χ2n) is 6.99. The van der Waals surface area contributed by atoms with Gasteiger partial charge in [-0.3, -0.25) is 4.79 Å². The third-order valence-corrected chi connectivity index (χ3v) is 7.81. The molecule has 2 aromatic rings. The van der Waals surface area contributed by atoms with E-state index in [2.05, 4.69) is 5.32 Å². The molecule has 2 aromatic carbocycles. The van der Waals surface area contributed by atoms with Crippen LogP contribution in [-0.2, 0) is 14.8 Å². The van der Waals surface area contributed by atoms with E-state index in [0.717, 1.165) is 16.8 Å². The van der Waals surface area contributed by atoms with Crippen LogP contribution in [0.25, 0.3) is 0 Å². The fourth-order valence-corrected chi connectivity index (χ4v) is 5.50. The van der Waals surface area contributed by atoms with Crippen LogP contribution in [0.1, 0.15) is 24.0 Å². The number of amides is 1. The van der Waals surface area contributed by atoms with Crippen molar-refractivity contribution in [2.24, 2.45) is 5.92 Å². The van der Waals surface area contributed by atoms with Crippen LogP contribution in [0.4, 0.5) is 5.69 Å². The van der Waals surface area contributed by atoms with E-state index >= 15 is 0 Å². The number of sulfonamides is 1. The first-order valence-electron chi connectivity index (χ1n) is 9.02. The van der Waals surface area contributed by atoms with Crippen LogP contribution in [0.3, 0.4) is 0 Å². The van der Waals surface area contributed by atoms with Gasteiger partial charge in [-0.05, 0) is 62.1 Å². The number of piperidine rings is 1. The molecule has 3 rings (SSSR count). The molecule has 1 saturated heterocycles. The lowest BCUT2D eigenvalue weighted by atomic mass is 9.97. The highest BCUT2D eigenvalue weighted by atomic mass is 35.5. The van der Waals surface area contributed by atoms with E-state index in [-0.39, 0.29) is 34.8 Å². The number of anilines is 1. The molecule has 1 aliphatic rings. The molecule has 150 valence electrons. The number of hydrogen-bond acceptors (Lipinski definition) is 3. The average Bonchev–Trinajstić information content (AvgIpc) is 2.67. The Morgan fingerprint density at radius 1 is 1.11 bits per heavy atom. The molecule has 1 fully saturated rings. The number of hydrogen-bond donors (Lipinski definition) is 1. The van der Waals surface area contributed by atoms with Gasteiger partial charge in [0, 0.05) is 29.7 Å². The highest BCUT2D eigenvalue weighted by Gasteiger charge is 2.33. The van der Waals surface area contributed by atoms with Crippen LogP contribution in [-0.4, -0.2) is 31.7 Å². The van der Waals surface area contributed by atoms with Gasteiger partial charge in [0.05, 0.1) is 5.02 Å². The van der Waals surface area contributed by atoms with Crippen molar-refractivity contribution in [1.29, 1.82) is 0 Å². The zero-order valence-electron chi connectivity index (χ0n) is 15.7. The van der Waals surface area contributed by atoms with E-state index in [4.69, 9.17) is 23.2 Å². The molecular formula is C20H22Cl2N2O3S. The summed E-state index contributed by atoms with van der Waals surface area (Å²) in [5, 5.41) is 3.43. The molecule has 0 radical (unpaired) electrons. The third-order valence-electron chi connectivity index (χ3n) is 5.20. The number of carbonyl (C=O) groups excluding carboxylic acids is 1. The number of aryl methyl sites for hydroxylation is 1. The van der Waals surface area contributed by atoms with E-state index < -0.39 is 10.0 Å². The number of carbonyl (C=O) groups is 1. The van der Waals surface area contributed by atoms with Crippen LogP contribution >= 0.6 is 23.2 Å². The summed E-state index contributed by atoms with van der Waals surface area (Å²) in [5.41, 5.74) is 2.94. The van der Waals surface area contributed by atoms with Gasteiger partial charge in [-0.2, -0.15) is 4.31 Å². The van der Waals surface area contributed by atoms with Gasteiger partial charge in [-0.1, -0.05) is 35.3 Å². The fraction of sp³-hybridized carbons (Fsp3) is 0.350. The summed E-state index contributed by atoms with van der Waals surface area (Å²) in [5.74, 6) is -0.312. The molecule has 0 atom stereocenters. The molecule has 28 heavy (non-hydrogen) atoms. The molecule has 1 aliphatic heterocycles. The molecule has 1 N–H and O–H groups in total. The van der Waals surface area contributed by atoms with Crippen molar-refractivity contribution < 1.29 is 13.2 Å². The van der Waals surface area contributed by atoms with E-state index in [9.17, 15) is 13.2 Å². The lowest BCUT2D eigenvalue weighted by Crippen LogP contribution is -2.41. The third kappa shape index (κ3) is 4.35. The summed E-state index contributed by atoms with van der Waals surface area (Å²) >= 11 is 12.0. The SMILES string of the molecule is Cc1cccc(NC(=O)C2CCN(S(=O)(=O)c3cc(Cl)ccc3Cl)CC2)c1C. The van der Waals surface area contributed by atoms with Gasteiger partial charge in [0.2, 0.25) is 15.9 Å². The van der Waals surface area contributed by atoms with E-state index in [1.807, 2.05) is 32.0 Å². The van der Waals surface area contributed by atoms with Crippen molar-refractivity contribution >= 4 is 44.8 Å².